The van der Waals surface area contributed by atoms with Crippen molar-refractivity contribution in [1.82, 2.24) is 0 Å². The normalized spacial score (nSPS) is 12.4. The van der Waals surface area contributed by atoms with Crippen LogP contribution >= 0.6 is 27.5 Å². The molecule has 94 valence electrons. The first kappa shape index (κ1) is 13.6. The molecule has 0 saturated heterocycles. The molecule has 0 saturated carbocycles. The molecule has 2 aromatic carbocycles. The molecule has 0 aliphatic carbocycles. The van der Waals surface area contributed by atoms with Gasteiger partial charge in [0.2, 0.25) is 0 Å². The zero-order chi connectivity index (χ0) is 13.1. The molecule has 0 fully saturated rings. The molecule has 2 rings (SSSR count). The van der Waals surface area contributed by atoms with Crippen molar-refractivity contribution in [3.8, 4) is 0 Å². The Bertz CT molecular complexity index is 531. The minimum Gasteiger partial charge on any atom is -0.113 e. The Hall–Kier alpha value is -0.790. The van der Waals surface area contributed by atoms with Crippen molar-refractivity contribution in [3.05, 3.63) is 69.2 Å². The minimum absolute atomic E-state index is 0.0894. The van der Waals surface area contributed by atoms with Gasteiger partial charge >= 0.3 is 0 Å². The predicted octanol–water partition coefficient (Wildman–Crippen LogP) is 5.65. The largest absolute Gasteiger partial charge is 0.113 e. The smallest absolute Gasteiger partial charge is 0.0838 e. The first-order valence-electron chi connectivity index (χ1n) is 6.10. The summed E-state index contributed by atoms with van der Waals surface area (Å²) >= 11 is 10.1. The Morgan fingerprint density at radius 1 is 1.11 bits per heavy atom. The molecule has 0 radical (unpaired) electrons. The molecule has 1 unspecified atom stereocenters. The SMILES string of the molecule is CCc1ccc(C(Cl)c2cc(Br)ccc2C)cc1. The van der Waals surface area contributed by atoms with Crippen LogP contribution in [-0.2, 0) is 6.42 Å². The van der Waals surface area contributed by atoms with Crippen LogP contribution < -0.4 is 0 Å². The van der Waals surface area contributed by atoms with E-state index in [4.69, 9.17) is 11.6 Å². The number of alkyl halides is 1. The van der Waals surface area contributed by atoms with E-state index in [1.165, 1.54) is 11.1 Å². The first-order valence-corrected chi connectivity index (χ1v) is 7.33. The van der Waals surface area contributed by atoms with Crippen LogP contribution in [0.1, 0.15) is 34.6 Å². The number of hydrogen-bond donors (Lipinski definition) is 0. The standard InChI is InChI=1S/C16H16BrCl/c1-3-12-5-7-13(8-6-12)16(18)15-10-14(17)9-4-11(15)2/h4-10,16H,3H2,1-2H3. The van der Waals surface area contributed by atoms with Gasteiger partial charge in [0.25, 0.3) is 0 Å². The highest BCUT2D eigenvalue weighted by Crippen LogP contribution is 2.32. The Balaban J connectivity index is 2.34. The van der Waals surface area contributed by atoms with Gasteiger partial charge < -0.3 is 0 Å². The summed E-state index contributed by atoms with van der Waals surface area (Å²) in [6.45, 7) is 4.25. The fraction of sp³-hybridized carbons (Fsp3) is 0.250. The van der Waals surface area contributed by atoms with Crippen LogP contribution in [-0.4, -0.2) is 0 Å². The predicted molar refractivity (Wildman–Crippen MR) is 82.4 cm³/mol. The van der Waals surface area contributed by atoms with Gasteiger partial charge in [-0.2, -0.15) is 0 Å². The molecule has 0 nitrogen and oxygen atoms in total. The fourth-order valence-corrected chi connectivity index (χ4v) is 2.75. The van der Waals surface area contributed by atoms with Crippen LogP contribution in [0, 0.1) is 6.92 Å². The number of halogens is 2. The highest BCUT2D eigenvalue weighted by molar-refractivity contribution is 9.10. The monoisotopic (exact) mass is 322 g/mol. The second-order valence-electron chi connectivity index (χ2n) is 4.46. The average Bonchev–Trinajstić information content (AvgIpc) is 2.41. The van der Waals surface area contributed by atoms with Crippen LogP contribution in [0.4, 0.5) is 0 Å². The maximum Gasteiger partial charge on any atom is 0.0838 e. The van der Waals surface area contributed by atoms with Crippen molar-refractivity contribution >= 4 is 27.5 Å². The maximum absolute atomic E-state index is 6.58. The van der Waals surface area contributed by atoms with Gasteiger partial charge in [-0.3, -0.25) is 0 Å². The number of aryl methyl sites for hydroxylation is 2. The summed E-state index contributed by atoms with van der Waals surface area (Å²) in [5, 5.41) is -0.0894. The Kier molecular flexibility index (Phi) is 4.47. The Labute approximate surface area is 122 Å². The van der Waals surface area contributed by atoms with Crippen molar-refractivity contribution in [2.45, 2.75) is 25.6 Å². The quantitative estimate of drug-likeness (QED) is 0.640. The third-order valence-corrected chi connectivity index (χ3v) is 4.18. The van der Waals surface area contributed by atoms with Crippen LogP contribution in [0.3, 0.4) is 0 Å². The van der Waals surface area contributed by atoms with Gasteiger partial charge in [-0.15, -0.1) is 11.6 Å². The Morgan fingerprint density at radius 3 is 2.39 bits per heavy atom. The van der Waals surface area contributed by atoms with Gasteiger partial charge in [0.05, 0.1) is 5.38 Å². The highest BCUT2D eigenvalue weighted by Gasteiger charge is 2.13. The summed E-state index contributed by atoms with van der Waals surface area (Å²) in [7, 11) is 0. The van der Waals surface area contributed by atoms with Crippen LogP contribution in [0.5, 0.6) is 0 Å². The summed E-state index contributed by atoms with van der Waals surface area (Å²) in [6, 6.07) is 14.8. The van der Waals surface area contributed by atoms with Gasteiger partial charge in [0.1, 0.15) is 0 Å². The fourth-order valence-electron chi connectivity index (χ4n) is 1.99. The molecule has 0 aliphatic rings. The van der Waals surface area contributed by atoms with Gasteiger partial charge in [-0.1, -0.05) is 53.2 Å². The van der Waals surface area contributed by atoms with Crippen molar-refractivity contribution < 1.29 is 0 Å². The number of hydrogen-bond acceptors (Lipinski definition) is 0. The lowest BCUT2D eigenvalue weighted by Crippen LogP contribution is -1.96. The highest BCUT2D eigenvalue weighted by atomic mass is 79.9. The molecule has 0 N–H and O–H groups in total. The number of benzene rings is 2. The minimum atomic E-state index is -0.0894. The maximum atomic E-state index is 6.58. The second kappa shape index (κ2) is 5.90. The van der Waals surface area contributed by atoms with Crippen molar-refractivity contribution in [3.63, 3.8) is 0 Å². The molecule has 2 aromatic rings. The van der Waals surface area contributed by atoms with E-state index in [-0.39, 0.29) is 5.38 Å². The molecule has 0 heterocycles. The van der Waals surface area contributed by atoms with Gasteiger partial charge in [0.15, 0.2) is 0 Å². The zero-order valence-corrected chi connectivity index (χ0v) is 12.9. The van der Waals surface area contributed by atoms with Crippen molar-refractivity contribution in [2.24, 2.45) is 0 Å². The topological polar surface area (TPSA) is 0 Å². The third kappa shape index (κ3) is 2.96. The molecule has 2 heteroatoms. The van der Waals surface area contributed by atoms with E-state index in [0.717, 1.165) is 22.0 Å². The van der Waals surface area contributed by atoms with Crippen molar-refractivity contribution in [2.75, 3.05) is 0 Å². The van der Waals surface area contributed by atoms with Crippen molar-refractivity contribution in [1.29, 1.82) is 0 Å². The molecule has 0 amide bonds. The van der Waals surface area contributed by atoms with Gasteiger partial charge in [-0.25, -0.2) is 0 Å². The van der Waals surface area contributed by atoms with Crippen LogP contribution in [0.25, 0.3) is 0 Å². The molecule has 0 spiro atoms. The molecule has 0 bridgehead atoms. The van der Waals surface area contributed by atoms with Gasteiger partial charge in [-0.05, 0) is 47.7 Å². The summed E-state index contributed by atoms with van der Waals surface area (Å²) < 4.78 is 1.07. The molecule has 0 aromatic heterocycles. The zero-order valence-electron chi connectivity index (χ0n) is 10.6. The second-order valence-corrected chi connectivity index (χ2v) is 5.81. The molecule has 18 heavy (non-hydrogen) atoms. The summed E-state index contributed by atoms with van der Waals surface area (Å²) in [5.74, 6) is 0. The van der Waals surface area contributed by atoms with E-state index in [2.05, 4.69) is 66.2 Å². The van der Waals surface area contributed by atoms with Crippen LogP contribution in [0.2, 0.25) is 0 Å². The van der Waals surface area contributed by atoms with E-state index in [9.17, 15) is 0 Å². The average molecular weight is 324 g/mol. The van der Waals surface area contributed by atoms with E-state index in [1.807, 2.05) is 6.07 Å². The molecular formula is C16H16BrCl. The first-order chi connectivity index (χ1) is 8.61. The lowest BCUT2D eigenvalue weighted by atomic mass is 9.99. The van der Waals surface area contributed by atoms with E-state index in [1.54, 1.807) is 0 Å². The van der Waals surface area contributed by atoms with E-state index in [0.29, 0.717) is 0 Å². The van der Waals surface area contributed by atoms with Gasteiger partial charge in [0, 0.05) is 4.47 Å². The third-order valence-electron chi connectivity index (χ3n) is 3.19. The molecular weight excluding hydrogens is 308 g/mol. The van der Waals surface area contributed by atoms with Crippen LogP contribution in [0.15, 0.2) is 46.9 Å². The Morgan fingerprint density at radius 2 is 1.78 bits per heavy atom. The molecule has 1 atom stereocenters. The lowest BCUT2D eigenvalue weighted by Gasteiger charge is -2.14. The molecule has 0 aliphatic heterocycles. The summed E-state index contributed by atoms with van der Waals surface area (Å²) in [4.78, 5) is 0. The van der Waals surface area contributed by atoms with E-state index >= 15 is 0 Å². The lowest BCUT2D eigenvalue weighted by molar-refractivity contribution is 1.08. The summed E-state index contributed by atoms with van der Waals surface area (Å²) in [6.07, 6.45) is 1.06. The summed E-state index contributed by atoms with van der Waals surface area (Å²) in [5.41, 5.74) is 4.87. The van der Waals surface area contributed by atoms with E-state index < -0.39 is 0 Å². The number of rotatable bonds is 3.